The number of anilines is 1. The Hall–Kier alpha value is -2.89. The van der Waals surface area contributed by atoms with E-state index in [-0.39, 0.29) is 23.6 Å². The molecule has 1 N–H and O–H groups in total. The van der Waals surface area contributed by atoms with Crippen LogP contribution >= 0.6 is 15.9 Å². The van der Waals surface area contributed by atoms with E-state index in [0.29, 0.717) is 48.6 Å². The van der Waals surface area contributed by atoms with Crippen molar-refractivity contribution >= 4 is 39.5 Å². The van der Waals surface area contributed by atoms with Gasteiger partial charge >= 0.3 is 6.09 Å². The fraction of sp³-hybridized carbons (Fsp3) is 0.550. The quantitative estimate of drug-likeness (QED) is 0.659. The maximum Gasteiger partial charge on any atom is 0.409 e. The molecule has 2 aromatic heterocycles. The van der Waals surface area contributed by atoms with Crippen molar-refractivity contribution in [1.82, 2.24) is 29.4 Å². The Bertz CT molecular complexity index is 1020. The second-order valence-corrected chi connectivity index (χ2v) is 8.41. The lowest BCUT2D eigenvalue weighted by Gasteiger charge is -2.35. The molecular weight excluding hydrogens is 482 g/mol. The Kier molecular flexibility index (Phi) is 7.22. The van der Waals surface area contributed by atoms with E-state index in [1.165, 1.54) is 0 Å². The summed E-state index contributed by atoms with van der Waals surface area (Å²) in [4.78, 5) is 40.8. The van der Waals surface area contributed by atoms with Gasteiger partial charge in [0, 0.05) is 39.4 Å². The number of amides is 3. The van der Waals surface area contributed by atoms with Crippen LogP contribution in [0.2, 0.25) is 0 Å². The van der Waals surface area contributed by atoms with Crippen molar-refractivity contribution in [2.24, 2.45) is 7.05 Å². The zero-order chi connectivity index (χ0) is 23.6. The molecule has 3 amide bonds. The lowest BCUT2D eigenvalue weighted by molar-refractivity contribution is -0.136. The normalized spacial score (nSPS) is 14.9. The molecule has 1 saturated heterocycles. The molecule has 0 saturated carbocycles. The van der Waals surface area contributed by atoms with Crippen LogP contribution in [0.15, 0.2) is 10.7 Å². The molecular formula is C20H28BrN7O4. The molecule has 174 valence electrons. The predicted octanol–water partition coefficient (Wildman–Crippen LogP) is 2.11. The predicted molar refractivity (Wildman–Crippen MR) is 120 cm³/mol. The molecule has 1 unspecified atom stereocenters. The topological polar surface area (TPSA) is 115 Å². The van der Waals surface area contributed by atoms with Crippen LogP contribution in [0, 0.1) is 13.8 Å². The molecule has 2 aromatic rings. The molecule has 0 radical (unpaired) electrons. The summed E-state index contributed by atoms with van der Waals surface area (Å²) in [6, 6.07) is -0.558. The maximum absolute atomic E-state index is 13.0. The van der Waals surface area contributed by atoms with E-state index in [1.54, 1.807) is 53.2 Å². The minimum absolute atomic E-state index is 0.100. The van der Waals surface area contributed by atoms with Gasteiger partial charge in [0.1, 0.15) is 6.04 Å². The molecule has 12 heteroatoms. The fourth-order valence-electron chi connectivity index (χ4n) is 3.41. The Labute approximate surface area is 194 Å². The highest BCUT2D eigenvalue weighted by molar-refractivity contribution is 9.10. The van der Waals surface area contributed by atoms with Gasteiger partial charge in [0.2, 0.25) is 5.91 Å². The van der Waals surface area contributed by atoms with Gasteiger partial charge in [-0.3, -0.25) is 19.0 Å². The number of rotatable bonds is 5. The number of ether oxygens (including phenoxy) is 1. The number of carbonyl (C=O) groups excluding carboxylic acids is 3. The molecule has 3 rings (SSSR count). The molecule has 0 aliphatic carbocycles. The summed E-state index contributed by atoms with van der Waals surface area (Å²) in [6.45, 7) is 9.18. The van der Waals surface area contributed by atoms with Crippen molar-refractivity contribution in [3.05, 3.63) is 27.8 Å². The molecule has 0 spiro atoms. The fourth-order valence-corrected chi connectivity index (χ4v) is 3.93. The zero-order valence-electron chi connectivity index (χ0n) is 18.9. The monoisotopic (exact) mass is 509 g/mol. The van der Waals surface area contributed by atoms with E-state index in [2.05, 4.69) is 31.4 Å². The van der Waals surface area contributed by atoms with Gasteiger partial charge in [-0.25, -0.2) is 4.79 Å². The van der Waals surface area contributed by atoms with Gasteiger partial charge < -0.3 is 19.9 Å². The first-order valence-electron chi connectivity index (χ1n) is 10.4. The van der Waals surface area contributed by atoms with E-state index < -0.39 is 6.04 Å². The Morgan fingerprint density at radius 2 is 1.78 bits per heavy atom. The van der Waals surface area contributed by atoms with Crippen LogP contribution in [-0.2, 0) is 16.6 Å². The van der Waals surface area contributed by atoms with Crippen molar-refractivity contribution in [3.8, 4) is 0 Å². The highest BCUT2D eigenvalue weighted by atomic mass is 79.9. The highest BCUT2D eigenvalue weighted by Crippen LogP contribution is 2.23. The summed E-state index contributed by atoms with van der Waals surface area (Å²) in [5.41, 5.74) is 2.22. The van der Waals surface area contributed by atoms with Crippen molar-refractivity contribution in [2.45, 2.75) is 33.7 Å². The third-order valence-corrected chi connectivity index (χ3v) is 6.46. The maximum atomic E-state index is 13.0. The summed E-state index contributed by atoms with van der Waals surface area (Å²) >= 11 is 3.40. The molecule has 0 aromatic carbocycles. The first-order chi connectivity index (χ1) is 15.1. The zero-order valence-corrected chi connectivity index (χ0v) is 20.5. The first kappa shape index (κ1) is 23.8. The van der Waals surface area contributed by atoms with Crippen molar-refractivity contribution in [3.63, 3.8) is 0 Å². The number of piperazine rings is 1. The SMILES string of the molecule is CCOC(=O)N1CCN(C(=O)C(C)n2cc(NC(=O)c3nn(C)c(C)c3Br)c(C)n2)CC1. The number of halogens is 1. The van der Waals surface area contributed by atoms with Gasteiger partial charge in [0.15, 0.2) is 5.69 Å². The van der Waals surface area contributed by atoms with E-state index in [0.717, 1.165) is 5.69 Å². The van der Waals surface area contributed by atoms with Gasteiger partial charge in [0.25, 0.3) is 5.91 Å². The number of aryl methyl sites for hydroxylation is 2. The summed E-state index contributed by atoms with van der Waals surface area (Å²) in [6.07, 6.45) is 1.29. The van der Waals surface area contributed by atoms with Crippen LogP contribution in [0.3, 0.4) is 0 Å². The number of nitrogens with one attached hydrogen (secondary N) is 1. The van der Waals surface area contributed by atoms with Crippen LogP contribution in [0.25, 0.3) is 0 Å². The Morgan fingerprint density at radius 1 is 1.16 bits per heavy atom. The molecule has 1 fully saturated rings. The summed E-state index contributed by atoms with van der Waals surface area (Å²) in [5, 5.41) is 11.5. The second-order valence-electron chi connectivity index (χ2n) is 7.62. The third-order valence-electron chi connectivity index (χ3n) is 5.51. The number of carbonyl (C=O) groups is 3. The van der Waals surface area contributed by atoms with Crippen LogP contribution < -0.4 is 5.32 Å². The number of nitrogens with zero attached hydrogens (tertiary/aromatic N) is 6. The molecule has 1 atom stereocenters. The summed E-state index contributed by atoms with van der Waals surface area (Å²) < 4.78 is 8.82. The van der Waals surface area contributed by atoms with Gasteiger partial charge in [-0.1, -0.05) is 0 Å². The third kappa shape index (κ3) is 4.79. The van der Waals surface area contributed by atoms with Crippen LogP contribution in [0.4, 0.5) is 10.5 Å². The van der Waals surface area contributed by atoms with Crippen molar-refractivity contribution < 1.29 is 19.1 Å². The van der Waals surface area contributed by atoms with E-state index in [9.17, 15) is 14.4 Å². The standard InChI is InChI=1S/C20H28BrN7O4/c1-6-32-20(31)27-9-7-26(8-10-27)19(30)14(4)28-11-15(12(2)23-28)22-18(29)17-16(21)13(3)25(5)24-17/h11,14H,6-10H2,1-5H3,(H,22,29). The highest BCUT2D eigenvalue weighted by Gasteiger charge is 2.29. The molecule has 3 heterocycles. The smallest absolute Gasteiger partial charge is 0.409 e. The van der Waals surface area contributed by atoms with Crippen LogP contribution in [0.5, 0.6) is 0 Å². The second kappa shape index (κ2) is 9.72. The van der Waals surface area contributed by atoms with Gasteiger partial charge in [-0.15, -0.1) is 0 Å². The minimum Gasteiger partial charge on any atom is -0.450 e. The molecule has 11 nitrogen and oxygen atoms in total. The molecule has 0 bridgehead atoms. The Balaban J connectivity index is 1.64. The largest absolute Gasteiger partial charge is 0.450 e. The number of hydrogen-bond donors (Lipinski definition) is 1. The van der Waals surface area contributed by atoms with E-state index in [4.69, 9.17) is 4.74 Å². The average Bonchev–Trinajstić information content (AvgIpc) is 3.27. The number of aromatic nitrogens is 4. The average molecular weight is 510 g/mol. The lowest BCUT2D eigenvalue weighted by atomic mass is 10.2. The summed E-state index contributed by atoms with van der Waals surface area (Å²) in [5.74, 6) is -0.464. The van der Waals surface area contributed by atoms with E-state index >= 15 is 0 Å². The van der Waals surface area contributed by atoms with E-state index in [1.807, 2.05) is 6.92 Å². The molecule has 1 aliphatic heterocycles. The minimum atomic E-state index is -0.558. The first-order valence-corrected chi connectivity index (χ1v) is 11.2. The van der Waals surface area contributed by atoms with Crippen LogP contribution in [0.1, 0.15) is 41.8 Å². The Morgan fingerprint density at radius 3 is 2.34 bits per heavy atom. The number of hydrogen-bond acceptors (Lipinski definition) is 6. The van der Waals surface area contributed by atoms with Gasteiger partial charge in [-0.2, -0.15) is 10.2 Å². The van der Waals surface area contributed by atoms with Crippen molar-refractivity contribution in [1.29, 1.82) is 0 Å². The summed E-state index contributed by atoms with van der Waals surface area (Å²) in [7, 11) is 1.76. The van der Waals surface area contributed by atoms with Gasteiger partial charge in [0.05, 0.1) is 28.2 Å². The molecule has 1 aliphatic rings. The molecule has 32 heavy (non-hydrogen) atoms. The lowest BCUT2D eigenvalue weighted by Crippen LogP contribution is -2.52. The van der Waals surface area contributed by atoms with Gasteiger partial charge in [-0.05, 0) is 43.6 Å². The van der Waals surface area contributed by atoms with Crippen LogP contribution in [-0.4, -0.2) is 80.1 Å². The van der Waals surface area contributed by atoms with Crippen molar-refractivity contribution in [2.75, 3.05) is 38.1 Å².